The quantitative estimate of drug-likeness (QED) is 0.704. The summed E-state index contributed by atoms with van der Waals surface area (Å²) in [5.41, 5.74) is 8.22. The Kier molecular flexibility index (Phi) is 2.88. The summed E-state index contributed by atoms with van der Waals surface area (Å²) in [6.07, 6.45) is 5.50. The predicted molar refractivity (Wildman–Crippen MR) is 78.3 cm³/mol. The second-order valence-electron chi connectivity index (χ2n) is 5.89. The van der Waals surface area contributed by atoms with Crippen LogP contribution in [0.25, 0.3) is 0 Å². The summed E-state index contributed by atoms with van der Waals surface area (Å²) in [4.78, 5) is 14.8. The van der Waals surface area contributed by atoms with Crippen LogP contribution in [-0.4, -0.2) is 19.5 Å². The molecule has 1 heterocycles. The van der Waals surface area contributed by atoms with Crippen molar-refractivity contribution in [1.82, 2.24) is 0 Å². The minimum Gasteiger partial charge on any atom is -0.397 e. The van der Waals surface area contributed by atoms with Gasteiger partial charge in [-0.3, -0.25) is 4.79 Å². The fraction of sp³-hybridized carbons (Fsp3) is 0.533. The van der Waals surface area contributed by atoms with Gasteiger partial charge in [-0.2, -0.15) is 0 Å². The maximum atomic E-state index is 12.7. The molecule has 4 nitrogen and oxygen atoms in total. The van der Waals surface area contributed by atoms with E-state index in [1.807, 2.05) is 18.2 Å². The van der Waals surface area contributed by atoms with Crippen molar-refractivity contribution < 1.29 is 4.79 Å². The van der Waals surface area contributed by atoms with E-state index < -0.39 is 0 Å². The average Bonchev–Trinajstić information content (AvgIpc) is 2.50. The second kappa shape index (κ2) is 4.44. The number of amides is 1. The molecule has 1 amide bonds. The molecule has 0 atom stereocenters. The Balaban J connectivity index is 2.02. The highest BCUT2D eigenvalue weighted by molar-refractivity contribution is 6.03. The standard InChI is InChI=1S/C15H21N3O/c1-18-10-15(8-3-2-4-9-15)14(19)17-13-11(16)6-5-7-12(13)18/h5-7H,2-4,8-10,16H2,1H3,(H,17,19). The molecule has 3 N–H and O–H groups in total. The van der Waals surface area contributed by atoms with Crippen LogP contribution in [0.5, 0.6) is 0 Å². The molecule has 1 aromatic carbocycles. The van der Waals surface area contributed by atoms with Crippen molar-refractivity contribution in [3.8, 4) is 0 Å². The van der Waals surface area contributed by atoms with Gasteiger partial charge >= 0.3 is 0 Å². The molecule has 1 aromatic rings. The Morgan fingerprint density at radius 1 is 1.26 bits per heavy atom. The van der Waals surface area contributed by atoms with Crippen molar-refractivity contribution in [2.45, 2.75) is 32.1 Å². The van der Waals surface area contributed by atoms with Crippen LogP contribution in [0.15, 0.2) is 18.2 Å². The zero-order valence-electron chi connectivity index (χ0n) is 11.4. The Morgan fingerprint density at radius 3 is 2.74 bits per heavy atom. The van der Waals surface area contributed by atoms with Gasteiger partial charge in [-0.05, 0) is 25.0 Å². The molecule has 2 aliphatic rings. The lowest BCUT2D eigenvalue weighted by atomic mass is 9.73. The number of nitrogens with one attached hydrogen (secondary N) is 1. The van der Waals surface area contributed by atoms with Crippen molar-refractivity contribution in [1.29, 1.82) is 0 Å². The molecule has 0 saturated heterocycles. The van der Waals surface area contributed by atoms with Crippen molar-refractivity contribution in [3.63, 3.8) is 0 Å². The largest absolute Gasteiger partial charge is 0.397 e. The molecule has 0 radical (unpaired) electrons. The van der Waals surface area contributed by atoms with Crippen molar-refractivity contribution in [2.75, 3.05) is 29.5 Å². The van der Waals surface area contributed by atoms with Crippen molar-refractivity contribution >= 4 is 23.0 Å². The maximum absolute atomic E-state index is 12.7. The molecule has 19 heavy (non-hydrogen) atoms. The SMILES string of the molecule is CN1CC2(CCCCC2)C(=O)Nc2c(N)cccc21. The minimum absolute atomic E-state index is 0.149. The van der Waals surface area contributed by atoms with Crippen LogP contribution in [0, 0.1) is 5.41 Å². The lowest BCUT2D eigenvalue weighted by molar-refractivity contribution is -0.126. The fourth-order valence-electron chi connectivity index (χ4n) is 3.48. The summed E-state index contributed by atoms with van der Waals surface area (Å²) in [7, 11) is 2.05. The van der Waals surface area contributed by atoms with Gasteiger partial charge < -0.3 is 16.0 Å². The molecule has 102 valence electrons. The highest BCUT2D eigenvalue weighted by Crippen LogP contribution is 2.43. The Hall–Kier alpha value is -1.71. The van der Waals surface area contributed by atoms with Crippen LogP contribution in [0.4, 0.5) is 17.1 Å². The number of nitrogens with zero attached hydrogens (tertiary/aromatic N) is 1. The molecule has 0 aromatic heterocycles. The molecular formula is C15H21N3O. The van der Waals surface area contributed by atoms with E-state index in [1.54, 1.807) is 0 Å². The minimum atomic E-state index is -0.238. The van der Waals surface area contributed by atoms with E-state index in [4.69, 9.17) is 5.73 Å². The van der Waals surface area contributed by atoms with Gasteiger partial charge in [-0.15, -0.1) is 0 Å². The summed E-state index contributed by atoms with van der Waals surface area (Å²) in [5.74, 6) is 0.149. The highest BCUT2D eigenvalue weighted by atomic mass is 16.2. The maximum Gasteiger partial charge on any atom is 0.232 e. The molecule has 1 saturated carbocycles. The van der Waals surface area contributed by atoms with Crippen LogP contribution in [0.2, 0.25) is 0 Å². The molecule has 1 spiro atoms. The van der Waals surface area contributed by atoms with Crippen LogP contribution in [0.1, 0.15) is 32.1 Å². The molecule has 4 heteroatoms. The van der Waals surface area contributed by atoms with Crippen molar-refractivity contribution in [3.05, 3.63) is 18.2 Å². The molecule has 0 unspecified atom stereocenters. The number of nitrogens with two attached hydrogens (primary N) is 1. The van der Waals surface area contributed by atoms with Gasteiger partial charge in [0.1, 0.15) is 0 Å². The van der Waals surface area contributed by atoms with E-state index in [0.29, 0.717) is 5.69 Å². The average molecular weight is 259 g/mol. The van der Waals surface area contributed by atoms with Gasteiger partial charge in [0.15, 0.2) is 0 Å². The number of hydrogen-bond acceptors (Lipinski definition) is 3. The van der Waals surface area contributed by atoms with Gasteiger partial charge in [-0.1, -0.05) is 25.3 Å². The first-order valence-corrected chi connectivity index (χ1v) is 7.03. The smallest absolute Gasteiger partial charge is 0.232 e. The third kappa shape index (κ3) is 1.95. The van der Waals surface area contributed by atoms with Crippen LogP contribution >= 0.6 is 0 Å². The number of hydrogen-bond donors (Lipinski definition) is 2. The zero-order valence-corrected chi connectivity index (χ0v) is 11.4. The summed E-state index contributed by atoms with van der Waals surface area (Å²) in [6.45, 7) is 0.787. The summed E-state index contributed by atoms with van der Waals surface area (Å²) >= 11 is 0. The van der Waals surface area contributed by atoms with Gasteiger partial charge in [-0.25, -0.2) is 0 Å². The van der Waals surface area contributed by atoms with E-state index in [9.17, 15) is 4.79 Å². The highest BCUT2D eigenvalue weighted by Gasteiger charge is 2.42. The monoisotopic (exact) mass is 259 g/mol. The first kappa shape index (κ1) is 12.3. The number of carbonyl (C=O) groups is 1. The molecule has 1 aliphatic carbocycles. The fourth-order valence-corrected chi connectivity index (χ4v) is 3.48. The van der Waals surface area contributed by atoms with E-state index in [1.165, 1.54) is 6.42 Å². The number of benzene rings is 1. The molecular weight excluding hydrogens is 238 g/mol. The number of nitrogen functional groups attached to an aromatic ring is 1. The second-order valence-corrected chi connectivity index (χ2v) is 5.89. The number of para-hydroxylation sites is 1. The van der Waals surface area contributed by atoms with Crippen LogP contribution in [0.3, 0.4) is 0 Å². The summed E-state index contributed by atoms with van der Waals surface area (Å²) < 4.78 is 0. The third-order valence-electron chi connectivity index (χ3n) is 4.56. The third-order valence-corrected chi connectivity index (χ3v) is 4.56. The van der Waals surface area contributed by atoms with Gasteiger partial charge in [0.25, 0.3) is 0 Å². The molecule has 1 aliphatic heterocycles. The van der Waals surface area contributed by atoms with E-state index in [2.05, 4.69) is 17.3 Å². The Morgan fingerprint density at radius 2 is 2.00 bits per heavy atom. The topological polar surface area (TPSA) is 58.4 Å². The summed E-state index contributed by atoms with van der Waals surface area (Å²) in [5, 5.41) is 3.08. The van der Waals surface area contributed by atoms with Crippen LogP contribution < -0.4 is 16.0 Å². The molecule has 3 rings (SSSR count). The summed E-state index contributed by atoms with van der Waals surface area (Å²) in [6, 6.07) is 5.80. The van der Waals surface area contributed by atoms with Gasteiger partial charge in [0, 0.05) is 13.6 Å². The van der Waals surface area contributed by atoms with Crippen molar-refractivity contribution in [2.24, 2.45) is 5.41 Å². The van der Waals surface area contributed by atoms with Crippen LogP contribution in [-0.2, 0) is 4.79 Å². The van der Waals surface area contributed by atoms with Gasteiger partial charge in [0.05, 0.1) is 22.5 Å². The predicted octanol–water partition coefficient (Wildman–Crippen LogP) is 2.61. The number of fused-ring (bicyclic) bond motifs is 1. The lowest BCUT2D eigenvalue weighted by Gasteiger charge is -2.36. The number of carbonyl (C=O) groups excluding carboxylic acids is 1. The first-order chi connectivity index (χ1) is 9.12. The van der Waals surface area contributed by atoms with E-state index >= 15 is 0 Å². The normalized spacial score (nSPS) is 21.7. The number of rotatable bonds is 0. The van der Waals surface area contributed by atoms with Gasteiger partial charge in [0.2, 0.25) is 5.91 Å². The van der Waals surface area contributed by atoms with E-state index in [0.717, 1.165) is 43.6 Å². The zero-order chi connectivity index (χ0) is 13.5. The molecule has 0 bridgehead atoms. The Labute approximate surface area is 114 Å². The first-order valence-electron chi connectivity index (χ1n) is 7.03. The Bertz CT molecular complexity index is 506. The lowest BCUT2D eigenvalue weighted by Crippen LogP contribution is -2.44. The number of anilines is 3. The molecule has 1 fully saturated rings. The van der Waals surface area contributed by atoms with E-state index in [-0.39, 0.29) is 11.3 Å².